The molecule has 0 bridgehead atoms. The van der Waals surface area contributed by atoms with Gasteiger partial charge in [0.2, 0.25) is 11.7 Å². The van der Waals surface area contributed by atoms with Gasteiger partial charge in [0.15, 0.2) is 11.0 Å². The molecule has 34 heavy (non-hydrogen) atoms. The minimum atomic E-state index is 0.423. The summed E-state index contributed by atoms with van der Waals surface area (Å²) in [6.07, 6.45) is 3.46. The summed E-state index contributed by atoms with van der Waals surface area (Å²) in [5.41, 5.74) is 2.58. The van der Waals surface area contributed by atoms with Crippen molar-refractivity contribution in [2.75, 3.05) is 14.2 Å². The van der Waals surface area contributed by atoms with Crippen LogP contribution in [0.1, 0.15) is 5.89 Å². The lowest BCUT2D eigenvalue weighted by atomic mass is 10.2. The third-order valence-electron chi connectivity index (χ3n) is 5.04. The second-order valence-corrected chi connectivity index (χ2v) is 8.02. The average Bonchev–Trinajstić information content (AvgIpc) is 3.55. The molecule has 0 N–H and O–H groups in total. The molecule has 5 rings (SSSR count). The van der Waals surface area contributed by atoms with Crippen LogP contribution in [0, 0.1) is 0 Å². The fraction of sp³-hybridized carbons (Fsp3) is 0.125. The van der Waals surface area contributed by atoms with Gasteiger partial charge in [-0.15, -0.1) is 10.2 Å². The van der Waals surface area contributed by atoms with Crippen LogP contribution in [-0.4, -0.2) is 44.1 Å². The second-order valence-electron chi connectivity index (χ2n) is 7.08. The number of methoxy groups -OCH3 is 2. The molecule has 0 atom stereocenters. The van der Waals surface area contributed by atoms with Gasteiger partial charge in [-0.1, -0.05) is 29.1 Å². The maximum Gasteiger partial charge on any atom is 0.237 e. The first-order valence-electron chi connectivity index (χ1n) is 10.4. The molecule has 10 heteroatoms. The van der Waals surface area contributed by atoms with Crippen LogP contribution in [0.2, 0.25) is 0 Å². The van der Waals surface area contributed by atoms with Crippen molar-refractivity contribution in [1.29, 1.82) is 0 Å². The molecule has 2 aromatic carbocycles. The molecule has 0 aliphatic rings. The van der Waals surface area contributed by atoms with Crippen LogP contribution in [0.5, 0.6) is 11.5 Å². The van der Waals surface area contributed by atoms with Crippen LogP contribution in [0.4, 0.5) is 0 Å². The zero-order valence-corrected chi connectivity index (χ0v) is 19.3. The molecule has 0 spiro atoms. The van der Waals surface area contributed by atoms with Crippen LogP contribution in [0.25, 0.3) is 28.5 Å². The number of benzene rings is 2. The van der Waals surface area contributed by atoms with Gasteiger partial charge in [0.05, 0.1) is 25.5 Å². The van der Waals surface area contributed by atoms with Crippen LogP contribution in [-0.2, 0) is 5.75 Å². The van der Waals surface area contributed by atoms with Crippen molar-refractivity contribution >= 4 is 11.8 Å². The smallest absolute Gasteiger partial charge is 0.237 e. The van der Waals surface area contributed by atoms with E-state index in [1.807, 2.05) is 65.2 Å². The van der Waals surface area contributed by atoms with Gasteiger partial charge < -0.3 is 14.0 Å². The van der Waals surface area contributed by atoms with Gasteiger partial charge in [-0.3, -0.25) is 9.55 Å². The van der Waals surface area contributed by atoms with Gasteiger partial charge in [0.25, 0.3) is 0 Å². The van der Waals surface area contributed by atoms with E-state index >= 15 is 0 Å². The number of thioether (sulfide) groups is 1. The Labute approximate surface area is 199 Å². The Morgan fingerprint density at radius 2 is 1.71 bits per heavy atom. The highest BCUT2D eigenvalue weighted by atomic mass is 32.2. The molecule has 3 heterocycles. The third kappa shape index (κ3) is 4.35. The Morgan fingerprint density at radius 3 is 2.47 bits per heavy atom. The summed E-state index contributed by atoms with van der Waals surface area (Å²) in [6, 6.07) is 19.1. The molecule has 170 valence electrons. The monoisotopic (exact) mass is 472 g/mol. The number of nitrogens with zero attached hydrogens (tertiary/aromatic N) is 6. The van der Waals surface area contributed by atoms with Gasteiger partial charge in [0.1, 0.15) is 11.5 Å². The maximum absolute atomic E-state index is 5.49. The van der Waals surface area contributed by atoms with Gasteiger partial charge >= 0.3 is 0 Å². The minimum absolute atomic E-state index is 0.423. The number of aromatic nitrogens is 6. The predicted octanol–water partition coefficient (Wildman–Crippen LogP) is 4.69. The highest BCUT2D eigenvalue weighted by Gasteiger charge is 2.18. The summed E-state index contributed by atoms with van der Waals surface area (Å²) in [5.74, 6) is 3.53. The summed E-state index contributed by atoms with van der Waals surface area (Å²) in [4.78, 5) is 8.64. The Morgan fingerprint density at radius 1 is 0.912 bits per heavy atom. The number of para-hydroxylation sites is 1. The number of hydrogen-bond acceptors (Lipinski definition) is 9. The van der Waals surface area contributed by atoms with Crippen LogP contribution >= 0.6 is 11.8 Å². The SMILES string of the molecule is COc1ccc(-n2c(SCc3nc(-c4ccccc4OC)no3)nnc2-c2ccncc2)cc1. The van der Waals surface area contributed by atoms with Crippen LogP contribution in [0.3, 0.4) is 0 Å². The Hall–Kier alpha value is -4.18. The summed E-state index contributed by atoms with van der Waals surface area (Å²) < 4.78 is 18.2. The number of pyridine rings is 1. The molecule has 0 saturated carbocycles. The van der Waals surface area contributed by atoms with E-state index in [4.69, 9.17) is 14.0 Å². The topological polar surface area (TPSA) is 101 Å². The summed E-state index contributed by atoms with van der Waals surface area (Å²) in [7, 11) is 3.25. The molecule has 0 amide bonds. The van der Waals surface area contributed by atoms with E-state index in [0.717, 1.165) is 22.6 Å². The molecular weight excluding hydrogens is 452 g/mol. The number of hydrogen-bond donors (Lipinski definition) is 0. The molecule has 0 unspecified atom stereocenters. The normalized spacial score (nSPS) is 10.9. The van der Waals surface area contributed by atoms with E-state index in [1.165, 1.54) is 11.8 Å². The molecule has 9 nitrogen and oxygen atoms in total. The Kier molecular flexibility index (Phi) is 6.21. The van der Waals surface area contributed by atoms with E-state index in [2.05, 4.69) is 25.3 Å². The Balaban J connectivity index is 1.44. The summed E-state index contributed by atoms with van der Waals surface area (Å²) in [6.45, 7) is 0. The minimum Gasteiger partial charge on any atom is -0.497 e. The molecular formula is C24H20N6O3S. The first-order chi connectivity index (χ1) is 16.8. The fourth-order valence-electron chi connectivity index (χ4n) is 3.39. The highest BCUT2D eigenvalue weighted by Crippen LogP contribution is 2.31. The van der Waals surface area contributed by atoms with E-state index < -0.39 is 0 Å². The largest absolute Gasteiger partial charge is 0.497 e. The van der Waals surface area contributed by atoms with E-state index in [9.17, 15) is 0 Å². The lowest BCUT2D eigenvalue weighted by molar-refractivity contribution is 0.390. The van der Waals surface area contributed by atoms with Gasteiger partial charge in [-0.05, 0) is 48.5 Å². The second kappa shape index (κ2) is 9.75. The summed E-state index contributed by atoms with van der Waals surface area (Å²) in [5, 5.41) is 13.7. The first kappa shape index (κ1) is 21.7. The quantitative estimate of drug-likeness (QED) is 0.298. The summed E-state index contributed by atoms with van der Waals surface area (Å²) >= 11 is 1.45. The number of rotatable bonds is 8. The molecule has 5 aromatic rings. The Bertz CT molecular complexity index is 1390. The van der Waals surface area contributed by atoms with E-state index in [1.54, 1.807) is 26.6 Å². The van der Waals surface area contributed by atoms with E-state index in [-0.39, 0.29) is 0 Å². The molecule has 3 aromatic heterocycles. The van der Waals surface area contributed by atoms with Crippen molar-refractivity contribution < 1.29 is 14.0 Å². The lowest BCUT2D eigenvalue weighted by Gasteiger charge is -2.10. The maximum atomic E-state index is 5.49. The van der Waals surface area contributed by atoms with Gasteiger partial charge in [0, 0.05) is 23.6 Å². The molecule has 0 radical (unpaired) electrons. The lowest BCUT2D eigenvalue weighted by Crippen LogP contribution is -2.00. The average molecular weight is 473 g/mol. The first-order valence-corrected chi connectivity index (χ1v) is 11.3. The molecule has 0 saturated heterocycles. The van der Waals surface area contributed by atoms with Gasteiger partial charge in [-0.25, -0.2) is 0 Å². The van der Waals surface area contributed by atoms with Crippen molar-refractivity contribution in [1.82, 2.24) is 29.9 Å². The molecule has 0 fully saturated rings. The van der Waals surface area contributed by atoms with Crippen LogP contribution < -0.4 is 9.47 Å². The van der Waals surface area contributed by atoms with Crippen molar-refractivity contribution in [3.63, 3.8) is 0 Å². The number of ether oxygens (including phenoxy) is 2. The fourth-order valence-corrected chi connectivity index (χ4v) is 4.18. The van der Waals surface area contributed by atoms with Crippen molar-refractivity contribution in [2.45, 2.75) is 10.9 Å². The molecule has 0 aliphatic carbocycles. The van der Waals surface area contributed by atoms with Crippen molar-refractivity contribution in [3.05, 3.63) is 78.9 Å². The zero-order valence-electron chi connectivity index (χ0n) is 18.5. The predicted molar refractivity (Wildman–Crippen MR) is 127 cm³/mol. The van der Waals surface area contributed by atoms with Crippen LogP contribution in [0.15, 0.2) is 82.7 Å². The van der Waals surface area contributed by atoms with Gasteiger partial charge in [-0.2, -0.15) is 4.98 Å². The van der Waals surface area contributed by atoms with Crippen molar-refractivity contribution in [3.8, 4) is 40.0 Å². The highest BCUT2D eigenvalue weighted by molar-refractivity contribution is 7.98. The molecule has 0 aliphatic heterocycles. The zero-order chi connectivity index (χ0) is 23.3. The van der Waals surface area contributed by atoms with Crippen molar-refractivity contribution in [2.24, 2.45) is 0 Å². The third-order valence-corrected chi connectivity index (χ3v) is 5.96. The standard InChI is InChI=1S/C24H20N6O3S/c1-31-18-9-7-17(8-10-18)30-23(16-11-13-25-14-12-16)27-28-24(30)34-15-21-26-22(29-33-21)19-5-3-4-6-20(19)32-2/h3-14H,15H2,1-2H3. The van der Waals surface area contributed by atoms with E-state index in [0.29, 0.717) is 34.2 Å².